The van der Waals surface area contributed by atoms with Gasteiger partial charge in [0.2, 0.25) is 5.91 Å². The maximum Gasteiger partial charge on any atom is 0.261 e. The normalized spacial score (nSPS) is 22.3. The number of carbonyl (C=O) groups excluding carboxylic acids is 1. The molecule has 182 valence electrons. The highest BCUT2D eigenvalue weighted by molar-refractivity contribution is 7.92. The lowest BCUT2D eigenvalue weighted by Gasteiger charge is -2.22. The molecule has 0 spiro atoms. The molecule has 0 aromatic heterocycles. The van der Waals surface area contributed by atoms with Gasteiger partial charge in [0.25, 0.3) is 10.0 Å². The average molecular weight is 483 g/mol. The third-order valence-electron chi connectivity index (χ3n) is 7.66. The Morgan fingerprint density at radius 3 is 2.24 bits per heavy atom. The van der Waals surface area contributed by atoms with Gasteiger partial charge in [-0.2, -0.15) is 0 Å². The summed E-state index contributed by atoms with van der Waals surface area (Å²) in [6.45, 7) is 1.33. The van der Waals surface area contributed by atoms with E-state index in [4.69, 9.17) is 4.74 Å². The summed E-state index contributed by atoms with van der Waals surface area (Å²) in [5.41, 5.74) is 2.16. The van der Waals surface area contributed by atoms with E-state index in [1.807, 2.05) is 24.3 Å². The van der Waals surface area contributed by atoms with Gasteiger partial charge in [-0.1, -0.05) is 43.5 Å². The molecule has 2 aliphatic carbocycles. The largest absolute Gasteiger partial charge is 0.376 e. The van der Waals surface area contributed by atoms with Crippen molar-refractivity contribution in [3.63, 3.8) is 0 Å². The van der Waals surface area contributed by atoms with E-state index in [0.717, 1.165) is 37.9 Å². The van der Waals surface area contributed by atoms with E-state index in [1.165, 1.54) is 37.7 Å². The lowest BCUT2D eigenvalue weighted by molar-refractivity contribution is -0.124. The molecule has 6 nitrogen and oxygen atoms in total. The highest BCUT2D eigenvalue weighted by Crippen LogP contribution is 2.48. The number of rotatable bonds is 8. The van der Waals surface area contributed by atoms with Gasteiger partial charge in [-0.25, -0.2) is 8.42 Å². The molecule has 3 fully saturated rings. The van der Waals surface area contributed by atoms with Crippen molar-refractivity contribution in [3.05, 3.63) is 59.7 Å². The van der Waals surface area contributed by atoms with Crippen LogP contribution in [0.4, 0.5) is 5.69 Å². The van der Waals surface area contributed by atoms with Gasteiger partial charge in [0.1, 0.15) is 0 Å². The second-order valence-electron chi connectivity index (χ2n) is 10.0. The van der Waals surface area contributed by atoms with E-state index in [1.54, 1.807) is 24.3 Å². The molecule has 3 aliphatic rings. The third-order valence-corrected chi connectivity index (χ3v) is 9.05. The van der Waals surface area contributed by atoms with Crippen LogP contribution < -0.4 is 10.0 Å². The van der Waals surface area contributed by atoms with E-state index in [2.05, 4.69) is 10.0 Å². The summed E-state index contributed by atoms with van der Waals surface area (Å²) in [5.74, 6) is 0.582. The van der Waals surface area contributed by atoms with Gasteiger partial charge >= 0.3 is 0 Å². The lowest BCUT2D eigenvalue weighted by atomic mass is 9.84. The molecule has 7 heteroatoms. The molecular formula is C27H34N2O4S. The Hall–Kier alpha value is -2.38. The van der Waals surface area contributed by atoms with Crippen molar-refractivity contribution in [1.82, 2.24) is 5.32 Å². The quantitative estimate of drug-likeness (QED) is 0.563. The minimum Gasteiger partial charge on any atom is -0.376 e. The smallest absolute Gasteiger partial charge is 0.261 e. The molecule has 2 aromatic carbocycles. The van der Waals surface area contributed by atoms with Crippen molar-refractivity contribution < 1.29 is 17.9 Å². The minimum absolute atomic E-state index is 0.0365. The van der Waals surface area contributed by atoms with Crippen molar-refractivity contribution in [2.75, 3.05) is 17.9 Å². The molecule has 1 aliphatic heterocycles. The SMILES string of the molecule is O=C(NCC1CCCO1)C1(c2ccc(NS(=O)(=O)c3ccc(C4CCCCC4)cc3)cc2)CC1. The van der Waals surface area contributed by atoms with Crippen molar-refractivity contribution in [3.8, 4) is 0 Å². The van der Waals surface area contributed by atoms with Crippen LogP contribution in [0.2, 0.25) is 0 Å². The molecular weight excluding hydrogens is 448 g/mol. The fourth-order valence-corrected chi connectivity index (χ4v) is 6.44. The molecule has 1 unspecified atom stereocenters. The summed E-state index contributed by atoms with van der Waals surface area (Å²) in [6, 6.07) is 14.6. The van der Waals surface area contributed by atoms with Gasteiger partial charge in [-0.05, 0) is 79.8 Å². The molecule has 2 saturated carbocycles. The average Bonchev–Trinajstić information content (AvgIpc) is 3.51. The van der Waals surface area contributed by atoms with E-state index >= 15 is 0 Å². The number of amides is 1. The summed E-state index contributed by atoms with van der Waals surface area (Å²) >= 11 is 0. The van der Waals surface area contributed by atoms with Crippen LogP contribution >= 0.6 is 0 Å². The van der Waals surface area contributed by atoms with Gasteiger partial charge in [0.05, 0.1) is 16.4 Å². The van der Waals surface area contributed by atoms with Gasteiger partial charge in [-0.15, -0.1) is 0 Å². The number of hydrogen-bond donors (Lipinski definition) is 2. The summed E-state index contributed by atoms with van der Waals surface area (Å²) in [4.78, 5) is 13.1. The van der Waals surface area contributed by atoms with Gasteiger partial charge in [-0.3, -0.25) is 9.52 Å². The molecule has 1 heterocycles. The number of nitrogens with one attached hydrogen (secondary N) is 2. The van der Waals surface area contributed by atoms with Crippen LogP contribution in [0.1, 0.15) is 74.8 Å². The lowest BCUT2D eigenvalue weighted by Crippen LogP contribution is -2.39. The number of benzene rings is 2. The molecule has 5 rings (SSSR count). The number of ether oxygens (including phenoxy) is 1. The Morgan fingerprint density at radius 2 is 1.62 bits per heavy atom. The van der Waals surface area contributed by atoms with Crippen LogP contribution in [0, 0.1) is 0 Å². The highest BCUT2D eigenvalue weighted by Gasteiger charge is 2.51. The molecule has 0 bridgehead atoms. The molecule has 1 atom stereocenters. The van der Waals surface area contributed by atoms with E-state index in [-0.39, 0.29) is 16.9 Å². The van der Waals surface area contributed by atoms with Crippen LogP contribution in [0.5, 0.6) is 0 Å². The second-order valence-corrected chi connectivity index (χ2v) is 11.7. The summed E-state index contributed by atoms with van der Waals surface area (Å²) in [7, 11) is -3.67. The summed E-state index contributed by atoms with van der Waals surface area (Å²) < 4.78 is 34.1. The van der Waals surface area contributed by atoms with Crippen molar-refractivity contribution in [2.24, 2.45) is 0 Å². The first-order valence-electron chi connectivity index (χ1n) is 12.6. The standard InChI is InChI=1S/C27H34N2O4S/c30-26(28-19-24-7-4-18-33-24)27(16-17-27)22-10-12-23(13-11-22)29-34(31,32)25-14-8-21(9-15-25)20-5-2-1-3-6-20/h8-15,20,24,29H,1-7,16-19H2,(H,28,30). The Morgan fingerprint density at radius 1 is 0.912 bits per heavy atom. The van der Waals surface area contributed by atoms with Crippen LogP contribution in [0.3, 0.4) is 0 Å². The first-order chi connectivity index (χ1) is 16.5. The van der Waals surface area contributed by atoms with E-state index < -0.39 is 15.4 Å². The fourth-order valence-electron chi connectivity index (χ4n) is 5.38. The zero-order chi connectivity index (χ0) is 23.6. The maximum absolute atomic E-state index is 12.9. The zero-order valence-corrected chi connectivity index (χ0v) is 20.4. The topological polar surface area (TPSA) is 84.5 Å². The zero-order valence-electron chi connectivity index (χ0n) is 19.6. The first kappa shape index (κ1) is 23.4. The molecule has 34 heavy (non-hydrogen) atoms. The number of sulfonamides is 1. The van der Waals surface area contributed by atoms with Crippen LogP contribution in [0.15, 0.2) is 53.4 Å². The third kappa shape index (κ3) is 5.01. The van der Waals surface area contributed by atoms with Gasteiger partial charge < -0.3 is 10.1 Å². The van der Waals surface area contributed by atoms with Crippen molar-refractivity contribution in [2.45, 2.75) is 80.1 Å². The molecule has 1 saturated heterocycles. The molecule has 2 N–H and O–H groups in total. The first-order valence-corrected chi connectivity index (χ1v) is 14.1. The van der Waals surface area contributed by atoms with Gasteiger partial charge in [0.15, 0.2) is 0 Å². The monoisotopic (exact) mass is 482 g/mol. The Bertz CT molecular complexity index is 1100. The molecule has 1 amide bonds. The molecule has 0 radical (unpaired) electrons. The summed E-state index contributed by atoms with van der Waals surface area (Å²) in [5, 5.41) is 3.05. The van der Waals surface area contributed by atoms with Crippen molar-refractivity contribution >= 4 is 21.6 Å². The van der Waals surface area contributed by atoms with Crippen molar-refractivity contribution in [1.29, 1.82) is 0 Å². The predicted molar refractivity (Wildman–Crippen MR) is 132 cm³/mol. The Kier molecular flexibility index (Phi) is 6.67. The highest BCUT2D eigenvalue weighted by atomic mass is 32.2. The fraction of sp³-hybridized carbons (Fsp3) is 0.519. The maximum atomic E-state index is 12.9. The van der Waals surface area contributed by atoms with Crippen LogP contribution in [0.25, 0.3) is 0 Å². The predicted octanol–water partition coefficient (Wildman–Crippen LogP) is 4.86. The Labute approximate surface area is 202 Å². The van der Waals surface area contributed by atoms with Crippen LogP contribution in [-0.4, -0.2) is 33.6 Å². The second kappa shape index (κ2) is 9.70. The molecule has 2 aromatic rings. The Balaban J connectivity index is 1.21. The number of anilines is 1. The van der Waals surface area contributed by atoms with Gasteiger partial charge in [0, 0.05) is 18.8 Å². The number of carbonyl (C=O) groups is 1. The summed E-state index contributed by atoms with van der Waals surface area (Å²) in [6.07, 6.45) is 9.95. The van der Waals surface area contributed by atoms with Crippen LogP contribution in [-0.2, 0) is 25.0 Å². The van der Waals surface area contributed by atoms with E-state index in [9.17, 15) is 13.2 Å². The minimum atomic E-state index is -3.67. The van der Waals surface area contributed by atoms with E-state index in [0.29, 0.717) is 18.2 Å². The number of hydrogen-bond acceptors (Lipinski definition) is 4.